The first kappa shape index (κ1) is 27.0. The number of quaternary nitrogens is 1. The number of para-hydroxylation sites is 2. The SMILES string of the molecule is COc1ccccc1N1CCN(CC2=C[N+](C)(CCn3c(O)cnc3CCCCc3ccc(C)o3)N=N2)CC1. The molecular formula is C29H40N7O3+. The third kappa shape index (κ3) is 6.69. The lowest BCUT2D eigenvalue weighted by Crippen LogP contribution is -2.47. The van der Waals surface area contributed by atoms with Crippen LogP contribution in [0.25, 0.3) is 0 Å². The van der Waals surface area contributed by atoms with Gasteiger partial charge in [0.05, 0.1) is 32.6 Å². The van der Waals surface area contributed by atoms with Gasteiger partial charge in [-0.3, -0.25) is 9.47 Å². The van der Waals surface area contributed by atoms with Crippen LogP contribution in [0, 0.1) is 6.92 Å². The molecule has 0 amide bonds. The summed E-state index contributed by atoms with van der Waals surface area (Å²) in [6.45, 7) is 7.87. The first-order valence-corrected chi connectivity index (χ1v) is 13.8. The second-order valence-corrected chi connectivity index (χ2v) is 10.6. The van der Waals surface area contributed by atoms with Gasteiger partial charge >= 0.3 is 0 Å². The second-order valence-electron chi connectivity index (χ2n) is 10.6. The van der Waals surface area contributed by atoms with Gasteiger partial charge in [0.25, 0.3) is 0 Å². The van der Waals surface area contributed by atoms with Crippen molar-refractivity contribution in [2.24, 2.45) is 10.3 Å². The number of ether oxygens (including phenoxy) is 1. The molecule has 0 saturated carbocycles. The Morgan fingerprint density at radius 2 is 1.85 bits per heavy atom. The summed E-state index contributed by atoms with van der Waals surface area (Å²) in [5.74, 6) is 4.00. The molecule has 0 spiro atoms. The van der Waals surface area contributed by atoms with E-state index in [2.05, 4.69) is 50.5 Å². The summed E-state index contributed by atoms with van der Waals surface area (Å²) in [6, 6.07) is 12.2. The van der Waals surface area contributed by atoms with Crippen molar-refractivity contribution in [2.75, 3.05) is 58.3 Å². The number of nitrogens with zero attached hydrogens (tertiary/aromatic N) is 7. The number of benzene rings is 1. The highest BCUT2D eigenvalue weighted by Crippen LogP contribution is 2.29. The van der Waals surface area contributed by atoms with Gasteiger partial charge in [0, 0.05) is 50.8 Å². The van der Waals surface area contributed by atoms with E-state index in [4.69, 9.17) is 9.15 Å². The number of hydrogen-bond acceptors (Lipinski definition) is 8. The summed E-state index contributed by atoms with van der Waals surface area (Å²) >= 11 is 0. The minimum absolute atomic E-state index is 0.200. The van der Waals surface area contributed by atoms with Gasteiger partial charge in [-0.15, -0.1) is 0 Å². The van der Waals surface area contributed by atoms with Crippen molar-refractivity contribution in [1.82, 2.24) is 14.5 Å². The molecule has 39 heavy (non-hydrogen) atoms. The lowest BCUT2D eigenvalue weighted by Gasteiger charge is -2.36. The maximum atomic E-state index is 10.4. The third-order valence-corrected chi connectivity index (χ3v) is 7.55. The molecule has 4 heterocycles. The Morgan fingerprint density at radius 1 is 1.05 bits per heavy atom. The van der Waals surface area contributed by atoms with Gasteiger partial charge in [-0.05, 0) is 44.0 Å². The zero-order chi connectivity index (χ0) is 27.2. The van der Waals surface area contributed by atoms with Crippen molar-refractivity contribution >= 4 is 5.69 Å². The minimum Gasteiger partial charge on any atom is -0.495 e. The fourth-order valence-electron chi connectivity index (χ4n) is 5.33. The van der Waals surface area contributed by atoms with Crippen molar-refractivity contribution < 1.29 is 18.9 Å². The lowest BCUT2D eigenvalue weighted by atomic mass is 10.1. The van der Waals surface area contributed by atoms with Crippen molar-refractivity contribution in [3.8, 4) is 11.6 Å². The van der Waals surface area contributed by atoms with Crippen molar-refractivity contribution in [2.45, 2.75) is 39.2 Å². The van der Waals surface area contributed by atoms with Crippen LogP contribution < -0.4 is 9.64 Å². The van der Waals surface area contributed by atoms with Gasteiger partial charge < -0.3 is 19.2 Å². The molecule has 10 nitrogen and oxygen atoms in total. The van der Waals surface area contributed by atoms with Gasteiger partial charge in [0.15, 0.2) is 0 Å². The average molecular weight is 535 g/mol. The number of methoxy groups -OCH3 is 1. The molecule has 1 unspecified atom stereocenters. The van der Waals surface area contributed by atoms with Crippen molar-refractivity contribution in [3.05, 3.63) is 71.8 Å². The zero-order valence-corrected chi connectivity index (χ0v) is 23.3. The number of anilines is 1. The van der Waals surface area contributed by atoms with Crippen LogP contribution in [0.2, 0.25) is 0 Å². The van der Waals surface area contributed by atoms with E-state index in [1.54, 1.807) is 13.3 Å². The van der Waals surface area contributed by atoms with E-state index >= 15 is 0 Å². The molecule has 1 fully saturated rings. The maximum absolute atomic E-state index is 10.4. The number of likely N-dealkylation sites (N-methyl/N-ethyl adjacent to an activating group) is 1. The molecule has 0 bridgehead atoms. The van der Waals surface area contributed by atoms with Gasteiger partial charge in [-0.2, -0.15) is 4.59 Å². The highest BCUT2D eigenvalue weighted by Gasteiger charge is 2.29. The second kappa shape index (κ2) is 12.0. The van der Waals surface area contributed by atoms with E-state index < -0.39 is 0 Å². The van der Waals surface area contributed by atoms with Crippen LogP contribution in [0.15, 0.2) is 69.2 Å². The number of aryl methyl sites for hydroxylation is 3. The van der Waals surface area contributed by atoms with Gasteiger partial charge in [0.2, 0.25) is 5.88 Å². The molecule has 2 aliphatic heterocycles. The summed E-state index contributed by atoms with van der Waals surface area (Å²) in [5.41, 5.74) is 2.14. The number of imidazole rings is 1. The lowest BCUT2D eigenvalue weighted by molar-refractivity contribution is -0.868. The Morgan fingerprint density at radius 3 is 2.62 bits per heavy atom. The van der Waals surface area contributed by atoms with E-state index in [1.807, 2.05) is 35.8 Å². The van der Waals surface area contributed by atoms with Crippen LogP contribution in [0.4, 0.5) is 5.69 Å². The third-order valence-electron chi connectivity index (χ3n) is 7.55. The van der Waals surface area contributed by atoms with Crippen LogP contribution in [0.5, 0.6) is 11.6 Å². The molecule has 2 aromatic heterocycles. The first-order chi connectivity index (χ1) is 18.9. The van der Waals surface area contributed by atoms with Crippen LogP contribution in [0.1, 0.15) is 30.2 Å². The molecule has 2 aliphatic rings. The molecule has 10 heteroatoms. The summed E-state index contributed by atoms with van der Waals surface area (Å²) in [5, 5.41) is 19.5. The van der Waals surface area contributed by atoms with Crippen LogP contribution in [-0.4, -0.2) is 77.6 Å². The highest BCUT2D eigenvalue weighted by molar-refractivity contribution is 5.58. The van der Waals surface area contributed by atoms with Crippen molar-refractivity contribution in [1.29, 1.82) is 0 Å². The number of rotatable bonds is 12. The number of furan rings is 1. The smallest absolute Gasteiger partial charge is 0.211 e. The Labute approximate surface area is 230 Å². The Hall–Kier alpha value is -3.63. The number of unbranched alkanes of at least 4 members (excludes halogenated alkanes) is 1. The van der Waals surface area contributed by atoms with Crippen molar-refractivity contribution in [3.63, 3.8) is 0 Å². The number of aromatic nitrogens is 2. The number of hydrogen-bond donors (Lipinski definition) is 1. The predicted molar refractivity (Wildman–Crippen MR) is 150 cm³/mol. The summed E-state index contributed by atoms with van der Waals surface area (Å²) < 4.78 is 13.5. The fourth-order valence-corrected chi connectivity index (χ4v) is 5.33. The summed E-state index contributed by atoms with van der Waals surface area (Å²) in [6.07, 6.45) is 7.40. The predicted octanol–water partition coefficient (Wildman–Crippen LogP) is 4.56. The van der Waals surface area contributed by atoms with E-state index in [9.17, 15) is 5.11 Å². The normalized spacial score (nSPS) is 19.6. The standard InChI is InChI=1S/C29H39N7O3/c1-23-12-13-25(39-23)8-4-7-11-28-30-20-29(37)35(28)18-19-36(2)22-24(31-32-36)21-33-14-16-34(17-15-33)26-9-5-6-10-27(26)38-3/h5-6,9-10,12-13,20,22H,4,7-8,11,14-19,21H2,1-3H3/p+1. The Bertz CT molecular complexity index is 1310. The highest BCUT2D eigenvalue weighted by atomic mass is 16.5. The minimum atomic E-state index is 0.200. The quantitative estimate of drug-likeness (QED) is 0.271. The number of piperazine rings is 1. The fraction of sp³-hybridized carbons (Fsp3) is 0.483. The first-order valence-electron chi connectivity index (χ1n) is 13.8. The summed E-state index contributed by atoms with van der Waals surface area (Å²) in [4.78, 5) is 9.27. The van der Waals surface area contributed by atoms with Gasteiger partial charge in [-0.1, -0.05) is 17.2 Å². The molecular weight excluding hydrogens is 494 g/mol. The molecule has 208 valence electrons. The number of aromatic hydroxyl groups is 1. The van der Waals surface area contributed by atoms with Gasteiger partial charge in [-0.25, -0.2) is 4.98 Å². The molecule has 1 atom stereocenters. The molecule has 1 N–H and O–H groups in total. The zero-order valence-electron chi connectivity index (χ0n) is 23.3. The molecule has 1 saturated heterocycles. The summed E-state index contributed by atoms with van der Waals surface area (Å²) in [7, 11) is 3.77. The molecule has 0 aliphatic carbocycles. The van der Waals surface area contributed by atoms with E-state index in [0.29, 0.717) is 17.7 Å². The topological polar surface area (TPSA) is 91.6 Å². The van der Waals surface area contributed by atoms with E-state index in [-0.39, 0.29) is 5.88 Å². The molecule has 0 radical (unpaired) electrons. The molecule has 5 rings (SSSR count). The van der Waals surface area contributed by atoms with E-state index in [0.717, 1.165) is 92.9 Å². The van der Waals surface area contributed by atoms with Crippen LogP contribution in [0.3, 0.4) is 0 Å². The molecule has 3 aromatic rings. The average Bonchev–Trinajstić information content (AvgIpc) is 3.64. The van der Waals surface area contributed by atoms with E-state index in [1.165, 1.54) is 0 Å². The van der Waals surface area contributed by atoms with Crippen LogP contribution >= 0.6 is 0 Å². The largest absolute Gasteiger partial charge is 0.495 e. The van der Waals surface area contributed by atoms with Crippen LogP contribution in [-0.2, 0) is 19.4 Å². The maximum Gasteiger partial charge on any atom is 0.211 e. The monoisotopic (exact) mass is 534 g/mol. The Kier molecular flexibility index (Phi) is 8.33. The van der Waals surface area contributed by atoms with Gasteiger partial charge in [0.1, 0.15) is 41.5 Å². The molecule has 1 aromatic carbocycles. The Balaban J connectivity index is 1.09.